The monoisotopic (exact) mass is 449 g/mol. The minimum absolute atomic E-state index is 0.0975. The fraction of sp³-hybridized carbons (Fsp3) is 0.0500. The number of furan rings is 1. The minimum Gasteiger partial charge on any atom is -0.462 e. The van der Waals surface area contributed by atoms with Crippen LogP contribution in [0.1, 0.15) is 5.56 Å². The van der Waals surface area contributed by atoms with Crippen molar-refractivity contribution >= 4 is 38.3 Å². The number of benzene rings is 2. The molecule has 0 spiro atoms. The van der Waals surface area contributed by atoms with Gasteiger partial charge in [0, 0.05) is 17.7 Å². The van der Waals surface area contributed by atoms with E-state index in [1.807, 2.05) is 0 Å². The highest BCUT2D eigenvalue weighted by molar-refractivity contribution is 9.10. The van der Waals surface area contributed by atoms with Gasteiger partial charge in [-0.2, -0.15) is 0 Å². The van der Waals surface area contributed by atoms with Gasteiger partial charge in [-0.15, -0.1) is 0 Å². The Kier molecular flexibility index (Phi) is 4.61. The first-order chi connectivity index (χ1) is 12.9. The van der Waals surface area contributed by atoms with E-state index in [-0.39, 0.29) is 17.7 Å². The van der Waals surface area contributed by atoms with Crippen molar-refractivity contribution in [1.29, 1.82) is 0 Å². The van der Waals surface area contributed by atoms with Crippen LogP contribution in [0.25, 0.3) is 22.2 Å². The lowest BCUT2D eigenvalue weighted by molar-refractivity contribution is 0.557. The number of nitrogens with zero attached hydrogens (tertiary/aromatic N) is 1. The molecule has 0 atom stereocenters. The van der Waals surface area contributed by atoms with Crippen molar-refractivity contribution in [1.82, 2.24) is 4.57 Å². The van der Waals surface area contributed by atoms with Crippen molar-refractivity contribution in [3.63, 3.8) is 0 Å². The van der Waals surface area contributed by atoms with Gasteiger partial charge in [-0.1, -0.05) is 29.8 Å². The second kappa shape index (κ2) is 6.94. The van der Waals surface area contributed by atoms with Crippen LogP contribution >= 0.6 is 27.5 Å². The summed E-state index contributed by atoms with van der Waals surface area (Å²) in [6, 6.07) is 11.9. The number of aromatic nitrogens is 1. The summed E-state index contributed by atoms with van der Waals surface area (Å²) < 4.78 is 35.0. The zero-order chi connectivity index (χ0) is 19.1. The molecule has 2 aromatic carbocycles. The zero-order valence-electron chi connectivity index (χ0n) is 13.7. The number of rotatable bonds is 3. The molecule has 2 heterocycles. The summed E-state index contributed by atoms with van der Waals surface area (Å²) in [7, 11) is 0. The summed E-state index contributed by atoms with van der Waals surface area (Å²) in [5.74, 6) is -0.976. The van der Waals surface area contributed by atoms with Crippen LogP contribution < -0.4 is 5.56 Å². The fourth-order valence-electron chi connectivity index (χ4n) is 2.99. The second-order valence-corrected chi connectivity index (χ2v) is 7.31. The number of halogens is 4. The molecule has 3 nitrogen and oxygen atoms in total. The summed E-state index contributed by atoms with van der Waals surface area (Å²) in [6.45, 7) is -0.0975. The molecule has 0 saturated carbocycles. The van der Waals surface area contributed by atoms with Gasteiger partial charge in [-0.05, 0) is 39.5 Å². The van der Waals surface area contributed by atoms with Crippen LogP contribution in [0.4, 0.5) is 8.78 Å². The average molecular weight is 451 g/mol. The molecule has 0 fully saturated rings. The Morgan fingerprint density at radius 3 is 2.63 bits per heavy atom. The van der Waals surface area contributed by atoms with Crippen molar-refractivity contribution in [2.24, 2.45) is 0 Å². The standard InChI is InChI=1S/C20H11BrClF2NO2/c21-13-7-18(27-10-13)17-6-11-2-1-3-15(22)19(11)20(26)25(17)9-12-4-5-14(23)8-16(12)24/h1-8,10H,9H2. The third kappa shape index (κ3) is 3.31. The van der Waals surface area contributed by atoms with Crippen LogP contribution in [0.3, 0.4) is 0 Å². The first kappa shape index (κ1) is 17.9. The lowest BCUT2D eigenvalue weighted by atomic mass is 10.1. The normalized spacial score (nSPS) is 11.3. The maximum atomic E-state index is 14.2. The Balaban J connectivity index is 2.00. The number of hydrogen-bond acceptors (Lipinski definition) is 2. The van der Waals surface area contributed by atoms with Crippen LogP contribution in [0.2, 0.25) is 5.02 Å². The smallest absolute Gasteiger partial charge is 0.260 e. The van der Waals surface area contributed by atoms with Gasteiger partial charge in [-0.25, -0.2) is 8.78 Å². The molecule has 2 aromatic heterocycles. The summed E-state index contributed by atoms with van der Waals surface area (Å²) in [5, 5.41) is 1.28. The van der Waals surface area contributed by atoms with Crippen molar-refractivity contribution in [2.45, 2.75) is 6.54 Å². The molecule has 0 amide bonds. The van der Waals surface area contributed by atoms with Crippen LogP contribution in [0, 0.1) is 11.6 Å². The molecular formula is C20H11BrClF2NO2. The Bertz CT molecular complexity index is 1230. The second-order valence-electron chi connectivity index (χ2n) is 5.99. The summed E-state index contributed by atoms with van der Waals surface area (Å²) in [4.78, 5) is 13.2. The molecule has 0 N–H and O–H groups in total. The topological polar surface area (TPSA) is 35.1 Å². The predicted molar refractivity (Wildman–Crippen MR) is 104 cm³/mol. The lowest BCUT2D eigenvalue weighted by Crippen LogP contribution is -2.23. The van der Waals surface area contributed by atoms with E-state index in [4.69, 9.17) is 16.0 Å². The highest BCUT2D eigenvalue weighted by Gasteiger charge is 2.17. The third-order valence-corrected chi connectivity index (χ3v) is 4.98. The van der Waals surface area contributed by atoms with Gasteiger partial charge in [0.2, 0.25) is 0 Å². The van der Waals surface area contributed by atoms with Crippen LogP contribution in [-0.2, 0) is 6.54 Å². The maximum Gasteiger partial charge on any atom is 0.260 e. The van der Waals surface area contributed by atoms with E-state index in [9.17, 15) is 13.6 Å². The lowest BCUT2D eigenvalue weighted by Gasteiger charge is -2.14. The highest BCUT2D eigenvalue weighted by Crippen LogP contribution is 2.29. The Morgan fingerprint density at radius 2 is 1.93 bits per heavy atom. The molecule has 4 rings (SSSR count). The molecular weight excluding hydrogens is 440 g/mol. The molecule has 0 aliphatic heterocycles. The van der Waals surface area contributed by atoms with Crippen molar-refractivity contribution in [3.8, 4) is 11.5 Å². The van der Waals surface area contributed by atoms with Crippen molar-refractivity contribution in [2.75, 3.05) is 0 Å². The van der Waals surface area contributed by atoms with E-state index >= 15 is 0 Å². The van der Waals surface area contributed by atoms with Crippen LogP contribution in [-0.4, -0.2) is 4.57 Å². The number of pyridine rings is 1. The van der Waals surface area contributed by atoms with Crippen molar-refractivity contribution < 1.29 is 13.2 Å². The van der Waals surface area contributed by atoms with Crippen LogP contribution in [0.5, 0.6) is 0 Å². The van der Waals surface area contributed by atoms with Gasteiger partial charge in [0.25, 0.3) is 5.56 Å². The number of fused-ring (bicyclic) bond motifs is 1. The molecule has 0 bridgehead atoms. The first-order valence-electron chi connectivity index (χ1n) is 7.94. The van der Waals surface area contributed by atoms with Crippen LogP contribution in [0.15, 0.2) is 68.5 Å². The van der Waals surface area contributed by atoms with E-state index in [1.165, 1.54) is 16.9 Å². The largest absolute Gasteiger partial charge is 0.462 e. The summed E-state index contributed by atoms with van der Waals surface area (Å²) in [6.07, 6.45) is 1.49. The molecule has 136 valence electrons. The van der Waals surface area contributed by atoms with E-state index in [0.717, 1.165) is 12.1 Å². The highest BCUT2D eigenvalue weighted by atomic mass is 79.9. The van der Waals surface area contributed by atoms with Gasteiger partial charge >= 0.3 is 0 Å². The molecule has 0 aliphatic carbocycles. The SMILES string of the molecule is O=c1c2c(Cl)cccc2cc(-c2cc(Br)co2)n1Cc1ccc(F)cc1F. The third-order valence-electron chi connectivity index (χ3n) is 4.25. The minimum atomic E-state index is -0.729. The molecule has 0 saturated heterocycles. The fourth-order valence-corrected chi connectivity index (χ4v) is 3.55. The maximum absolute atomic E-state index is 14.2. The van der Waals surface area contributed by atoms with Gasteiger partial charge in [0.05, 0.1) is 27.1 Å². The van der Waals surface area contributed by atoms with E-state index < -0.39 is 11.6 Å². The molecule has 27 heavy (non-hydrogen) atoms. The van der Waals surface area contributed by atoms with E-state index in [2.05, 4.69) is 15.9 Å². The van der Waals surface area contributed by atoms with Gasteiger partial charge in [0.15, 0.2) is 5.76 Å². The van der Waals surface area contributed by atoms with E-state index in [1.54, 1.807) is 30.3 Å². The quantitative estimate of drug-likeness (QED) is 0.383. The summed E-state index contributed by atoms with van der Waals surface area (Å²) >= 11 is 9.54. The molecule has 0 aliphatic rings. The first-order valence-corrected chi connectivity index (χ1v) is 9.11. The average Bonchev–Trinajstić information content (AvgIpc) is 3.05. The van der Waals surface area contributed by atoms with Crippen molar-refractivity contribution in [3.05, 3.63) is 91.8 Å². The number of hydrogen-bond donors (Lipinski definition) is 0. The summed E-state index contributed by atoms with van der Waals surface area (Å²) in [5.41, 5.74) is 0.255. The molecule has 0 unspecified atom stereocenters. The molecule has 7 heteroatoms. The van der Waals surface area contributed by atoms with Gasteiger partial charge in [0.1, 0.15) is 17.9 Å². The Morgan fingerprint density at radius 1 is 1.11 bits per heavy atom. The zero-order valence-corrected chi connectivity index (χ0v) is 16.0. The van der Waals surface area contributed by atoms with Gasteiger partial charge in [-0.3, -0.25) is 4.79 Å². The van der Waals surface area contributed by atoms with E-state index in [0.29, 0.717) is 31.7 Å². The molecule has 4 aromatic rings. The Hall–Kier alpha value is -2.44. The van der Waals surface area contributed by atoms with Gasteiger partial charge < -0.3 is 8.98 Å². The molecule has 0 radical (unpaired) electrons. The Labute approximate surface area is 165 Å². The predicted octanol–water partition coefficient (Wildman–Crippen LogP) is 6.00.